The predicted molar refractivity (Wildman–Crippen MR) is 93.0 cm³/mol. The van der Waals surface area contributed by atoms with Gasteiger partial charge in [-0.1, -0.05) is 20.8 Å². The van der Waals surface area contributed by atoms with Crippen LogP contribution in [0, 0.1) is 17.8 Å². The quantitative estimate of drug-likeness (QED) is 0.779. The Labute approximate surface area is 141 Å². The van der Waals surface area contributed by atoms with Crippen molar-refractivity contribution in [3.05, 3.63) is 0 Å². The first-order chi connectivity index (χ1) is 11.0. The van der Waals surface area contributed by atoms with Gasteiger partial charge in [0.1, 0.15) is 0 Å². The van der Waals surface area contributed by atoms with Crippen LogP contribution < -0.4 is 0 Å². The minimum absolute atomic E-state index is 0.112. The Hall–Kier alpha value is -1.06. The number of rotatable bonds is 5. The van der Waals surface area contributed by atoms with Crippen LogP contribution in [-0.4, -0.2) is 47.8 Å². The second-order valence-electron chi connectivity index (χ2n) is 7.73. The molecule has 2 amide bonds. The van der Waals surface area contributed by atoms with Crippen molar-refractivity contribution in [1.29, 1.82) is 0 Å². The van der Waals surface area contributed by atoms with Gasteiger partial charge in [0.15, 0.2) is 0 Å². The van der Waals surface area contributed by atoms with E-state index in [1.165, 1.54) is 25.7 Å². The first-order valence-electron chi connectivity index (χ1n) is 9.57. The van der Waals surface area contributed by atoms with E-state index in [2.05, 4.69) is 9.80 Å². The molecule has 2 fully saturated rings. The highest BCUT2D eigenvalue weighted by Crippen LogP contribution is 2.27. The van der Waals surface area contributed by atoms with E-state index < -0.39 is 0 Å². The third kappa shape index (κ3) is 5.22. The molecule has 2 rings (SSSR count). The van der Waals surface area contributed by atoms with Crippen LogP contribution in [0.15, 0.2) is 0 Å². The molecule has 0 aromatic carbocycles. The number of nitrogens with zero attached hydrogens (tertiary/aromatic N) is 2. The largest absolute Gasteiger partial charge is 0.342 e. The van der Waals surface area contributed by atoms with E-state index in [-0.39, 0.29) is 5.92 Å². The van der Waals surface area contributed by atoms with Gasteiger partial charge in [-0.25, -0.2) is 0 Å². The highest BCUT2D eigenvalue weighted by Gasteiger charge is 2.27. The number of likely N-dealkylation sites (tertiary alicyclic amines) is 2. The van der Waals surface area contributed by atoms with Crippen molar-refractivity contribution in [2.75, 3.05) is 26.2 Å². The number of carbonyl (C=O) groups is 2. The Kier molecular flexibility index (Phi) is 6.91. The Balaban J connectivity index is 1.76. The average molecular weight is 322 g/mol. The second kappa shape index (κ2) is 8.70. The van der Waals surface area contributed by atoms with Crippen molar-refractivity contribution in [3.63, 3.8) is 0 Å². The molecule has 0 saturated carbocycles. The molecule has 0 aromatic heterocycles. The van der Waals surface area contributed by atoms with E-state index >= 15 is 0 Å². The van der Waals surface area contributed by atoms with Crippen LogP contribution in [-0.2, 0) is 9.59 Å². The molecule has 2 aliphatic rings. The summed E-state index contributed by atoms with van der Waals surface area (Å²) in [5.41, 5.74) is 0. The lowest BCUT2D eigenvalue weighted by atomic mass is 9.86. The van der Waals surface area contributed by atoms with Gasteiger partial charge in [0.25, 0.3) is 0 Å². The van der Waals surface area contributed by atoms with Crippen molar-refractivity contribution in [3.8, 4) is 0 Å². The molecule has 132 valence electrons. The summed E-state index contributed by atoms with van der Waals surface area (Å²) < 4.78 is 0. The summed E-state index contributed by atoms with van der Waals surface area (Å²) in [6, 6.07) is 0. The van der Waals surface area contributed by atoms with Crippen LogP contribution in [0.2, 0.25) is 0 Å². The van der Waals surface area contributed by atoms with Crippen LogP contribution in [0.1, 0.15) is 65.7 Å². The van der Waals surface area contributed by atoms with Crippen molar-refractivity contribution in [1.82, 2.24) is 9.80 Å². The SMILES string of the molecule is CCC(=O)N1CCCC(CCC2CCCN(C(=O)C(C)C)C2)C1. The summed E-state index contributed by atoms with van der Waals surface area (Å²) >= 11 is 0. The van der Waals surface area contributed by atoms with Gasteiger partial charge in [0.2, 0.25) is 11.8 Å². The second-order valence-corrected chi connectivity index (χ2v) is 7.73. The van der Waals surface area contributed by atoms with Crippen molar-refractivity contribution >= 4 is 11.8 Å². The first-order valence-corrected chi connectivity index (χ1v) is 9.57. The molecule has 2 heterocycles. The summed E-state index contributed by atoms with van der Waals surface area (Å²) in [7, 11) is 0. The van der Waals surface area contributed by atoms with Gasteiger partial charge >= 0.3 is 0 Å². The third-order valence-corrected chi connectivity index (χ3v) is 5.48. The number of piperidine rings is 2. The molecule has 2 unspecified atom stereocenters. The molecule has 2 aliphatic heterocycles. The van der Waals surface area contributed by atoms with Gasteiger partial charge in [-0.15, -0.1) is 0 Å². The van der Waals surface area contributed by atoms with E-state index in [1.807, 2.05) is 20.8 Å². The molecule has 2 atom stereocenters. The molecule has 23 heavy (non-hydrogen) atoms. The minimum Gasteiger partial charge on any atom is -0.342 e. The lowest BCUT2D eigenvalue weighted by Gasteiger charge is -2.36. The standard InChI is InChI=1S/C19H34N2O2/c1-4-18(22)20-11-5-7-16(13-20)9-10-17-8-6-12-21(14-17)19(23)15(2)3/h15-17H,4-14H2,1-3H3. The lowest BCUT2D eigenvalue weighted by Crippen LogP contribution is -2.42. The van der Waals surface area contributed by atoms with Gasteiger partial charge in [-0.3, -0.25) is 9.59 Å². The summed E-state index contributed by atoms with van der Waals surface area (Å²) in [6.45, 7) is 9.73. The van der Waals surface area contributed by atoms with Crippen molar-refractivity contribution in [2.45, 2.75) is 65.7 Å². The van der Waals surface area contributed by atoms with E-state index in [4.69, 9.17) is 0 Å². The molecule has 2 saturated heterocycles. The van der Waals surface area contributed by atoms with E-state index in [0.717, 1.165) is 39.0 Å². The minimum atomic E-state index is 0.112. The van der Waals surface area contributed by atoms with E-state index in [1.54, 1.807) is 0 Å². The Bertz CT molecular complexity index is 408. The Morgan fingerprint density at radius 3 is 2.00 bits per heavy atom. The van der Waals surface area contributed by atoms with Crippen LogP contribution in [0.3, 0.4) is 0 Å². The summed E-state index contributed by atoms with van der Waals surface area (Å²) in [6.07, 6.45) is 7.86. The van der Waals surface area contributed by atoms with Gasteiger partial charge in [-0.2, -0.15) is 0 Å². The molecule has 0 bridgehead atoms. The molecular weight excluding hydrogens is 288 g/mol. The number of hydrogen-bond donors (Lipinski definition) is 0. The lowest BCUT2D eigenvalue weighted by molar-refractivity contribution is -0.136. The summed E-state index contributed by atoms with van der Waals surface area (Å²) in [5, 5.41) is 0. The molecule has 0 aromatic rings. The molecule has 0 aliphatic carbocycles. The van der Waals surface area contributed by atoms with Crippen LogP contribution >= 0.6 is 0 Å². The maximum atomic E-state index is 12.2. The van der Waals surface area contributed by atoms with Gasteiger partial charge in [0.05, 0.1) is 0 Å². The molecular formula is C19H34N2O2. The molecule has 0 N–H and O–H groups in total. The fraction of sp³-hybridized carbons (Fsp3) is 0.895. The highest BCUT2D eigenvalue weighted by atomic mass is 16.2. The highest BCUT2D eigenvalue weighted by molar-refractivity contribution is 5.78. The molecule has 4 nitrogen and oxygen atoms in total. The maximum Gasteiger partial charge on any atom is 0.225 e. The zero-order valence-corrected chi connectivity index (χ0v) is 15.2. The number of carbonyl (C=O) groups excluding carboxylic acids is 2. The maximum absolute atomic E-state index is 12.2. The predicted octanol–water partition coefficient (Wildman–Crippen LogP) is 3.31. The summed E-state index contributed by atoms with van der Waals surface area (Å²) in [4.78, 5) is 28.2. The molecule has 0 radical (unpaired) electrons. The Morgan fingerprint density at radius 1 is 0.957 bits per heavy atom. The fourth-order valence-electron chi connectivity index (χ4n) is 4.09. The van der Waals surface area contributed by atoms with Crippen LogP contribution in [0.4, 0.5) is 0 Å². The average Bonchev–Trinajstić information content (AvgIpc) is 2.59. The van der Waals surface area contributed by atoms with Gasteiger partial charge in [0, 0.05) is 38.5 Å². The first kappa shape index (κ1) is 18.3. The monoisotopic (exact) mass is 322 g/mol. The van der Waals surface area contributed by atoms with Crippen molar-refractivity contribution < 1.29 is 9.59 Å². The van der Waals surface area contributed by atoms with E-state index in [9.17, 15) is 9.59 Å². The van der Waals surface area contributed by atoms with Crippen LogP contribution in [0.5, 0.6) is 0 Å². The normalized spacial score (nSPS) is 25.7. The van der Waals surface area contributed by atoms with E-state index in [0.29, 0.717) is 30.1 Å². The zero-order chi connectivity index (χ0) is 16.8. The topological polar surface area (TPSA) is 40.6 Å². The smallest absolute Gasteiger partial charge is 0.225 e. The number of amides is 2. The van der Waals surface area contributed by atoms with Gasteiger partial charge < -0.3 is 9.80 Å². The molecule has 0 spiro atoms. The third-order valence-electron chi connectivity index (χ3n) is 5.48. The fourth-order valence-corrected chi connectivity index (χ4v) is 4.09. The van der Waals surface area contributed by atoms with Crippen molar-refractivity contribution in [2.24, 2.45) is 17.8 Å². The molecule has 4 heteroatoms. The van der Waals surface area contributed by atoms with Crippen LogP contribution in [0.25, 0.3) is 0 Å². The summed E-state index contributed by atoms with van der Waals surface area (Å²) in [5.74, 6) is 2.05. The van der Waals surface area contributed by atoms with Gasteiger partial charge in [-0.05, 0) is 50.4 Å². The Morgan fingerprint density at radius 2 is 1.48 bits per heavy atom. The zero-order valence-electron chi connectivity index (χ0n) is 15.2. The number of hydrogen-bond acceptors (Lipinski definition) is 2.